The van der Waals surface area contributed by atoms with Crippen LogP contribution in [0, 0.1) is 0 Å². The highest BCUT2D eigenvalue weighted by atomic mass is 16.5. The first-order valence-corrected chi connectivity index (χ1v) is 6.34. The smallest absolute Gasteiger partial charge is 0.351 e. The van der Waals surface area contributed by atoms with Gasteiger partial charge in [0, 0.05) is 13.2 Å². The van der Waals surface area contributed by atoms with E-state index in [0.717, 1.165) is 12.0 Å². The van der Waals surface area contributed by atoms with Gasteiger partial charge in [0.2, 0.25) is 11.6 Å². The summed E-state index contributed by atoms with van der Waals surface area (Å²) < 4.78 is 15.4. The van der Waals surface area contributed by atoms with Crippen LogP contribution in [0.15, 0.2) is 20.1 Å². The summed E-state index contributed by atoms with van der Waals surface area (Å²) in [5.41, 5.74) is -0.296. The number of aromatic nitrogens is 2. The van der Waals surface area contributed by atoms with E-state index in [1.54, 1.807) is 7.11 Å². The largest absolute Gasteiger partial charge is 0.475 e. The van der Waals surface area contributed by atoms with E-state index >= 15 is 0 Å². The zero-order chi connectivity index (χ0) is 14.5. The van der Waals surface area contributed by atoms with Crippen LogP contribution in [0.25, 0.3) is 11.1 Å². The summed E-state index contributed by atoms with van der Waals surface area (Å²) in [5, 5.41) is 0.530. The Labute approximate surface area is 114 Å². The van der Waals surface area contributed by atoms with Crippen molar-refractivity contribution in [2.24, 2.45) is 0 Å². The standard InChI is InChI=1S/C13H16N2O5/c1-3-4-8-7-9(16)20-12-10(8)11(14-13(17)15-12)19-6-5-18-2/h7H,3-6H2,1-2H3,(H,14,15,17). The van der Waals surface area contributed by atoms with Crippen molar-refractivity contribution in [3.8, 4) is 5.88 Å². The lowest BCUT2D eigenvalue weighted by Crippen LogP contribution is -2.16. The summed E-state index contributed by atoms with van der Waals surface area (Å²) in [6.45, 7) is 2.62. The summed E-state index contributed by atoms with van der Waals surface area (Å²) in [7, 11) is 1.55. The van der Waals surface area contributed by atoms with Crippen molar-refractivity contribution in [1.82, 2.24) is 9.97 Å². The van der Waals surface area contributed by atoms with Gasteiger partial charge in [0.25, 0.3) is 0 Å². The topological polar surface area (TPSA) is 94.4 Å². The van der Waals surface area contributed by atoms with Gasteiger partial charge in [0.15, 0.2) is 0 Å². The van der Waals surface area contributed by atoms with E-state index in [1.807, 2.05) is 6.92 Å². The van der Waals surface area contributed by atoms with Crippen molar-refractivity contribution >= 4 is 11.1 Å². The van der Waals surface area contributed by atoms with Gasteiger partial charge in [-0.15, -0.1) is 0 Å². The molecule has 7 heteroatoms. The molecular weight excluding hydrogens is 264 g/mol. The Kier molecular flexibility index (Phi) is 4.52. The number of rotatable bonds is 6. The van der Waals surface area contributed by atoms with Gasteiger partial charge in [0.05, 0.1) is 6.61 Å². The maximum absolute atomic E-state index is 11.5. The molecule has 0 aliphatic heterocycles. The van der Waals surface area contributed by atoms with Crippen molar-refractivity contribution in [3.05, 3.63) is 32.5 Å². The number of fused-ring (bicyclic) bond motifs is 1. The minimum Gasteiger partial charge on any atom is -0.475 e. The van der Waals surface area contributed by atoms with E-state index in [2.05, 4.69) is 9.97 Å². The number of nitrogens with one attached hydrogen (secondary N) is 1. The highest BCUT2D eigenvalue weighted by molar-refractivity contribution is 5.82. The van der Waals surface area contributed by atoms with E-state index in [1.165, 1.54) is 6.07 Å². The van der Waals surface area contributed by atoms with Crippen LogP contribution in [0.2, 0.25) is 0 Å². The van der Waals surface area contributed by atoms with Crippen LogP contribution in [0.3, 0.4) is 0 Å². The molecule has 7 nitrogen and oxygen atoms in total. The molecule has 1 N–H and O–H groups in total. The minimum atomic E-state index is -0.623. The number of methoxy groups -OCH3 is 1. The van der Waals surface area contributed by atoms with E-state index in [4.69, 9.17) is 13.9 Å². The van der Waals surface area contributed by atoms with Crippen LogP contribution < -0.4 is 16.1 Å². The predicted molar refractivity (Wildman–Crippen MR) is 72.3 cm³/mol. The summed E-state index contributed by atoms with van der Waals surface area (Å²) in [6, 6.07) is 1.40. The van der Waals surface area contributed by atoms with Crippen molar-refractivity contribution in [1.29, 1.82) is 0 Å². The quantitative estimate of drug-likeness (QED) is 0.788. The van der Waals surface area contributed by atoms with Gasteiger partial charge < -0.3 is 13.9 Å². The van der Waals surface area contributed by atoms with Gasteiger partial charge in [-0.1, -0.05) is 13.3 Å². The Bertz CT molecular complexity index is 699. The molecule has 0 amide bonds. The van der Waals surface area contributed by atoms with Crippen molar-refractivity contribution in [2.75, 3.05) is 20.3 Å². The molecule has 0 unspecified atom stereocenters. The summed E-state index contributed by atoms with van der Waals surface area (Å²) in [4.78, 5) is 29.2. The molecule has 20 heavy (non-hydrogen) atoms. The summed E-state index contributed by atoms with van der Waals surface area (Å²) in [6.07, 6.45) is 1.51. The molecule has 108 valence electrons. The van der Waals surface area contributed by atoms with Crippen molar-refractivity contribution < 1.29 is 13.9 Å². The van der Waals surface area contributed by atoms with Gasteiger partial charge in [0.1, 0.15) is 12.0 Å². The van der Waals surface area contributed by atoms with E-state index in [9.17, 15) is 9.59 Å². The fraction of sp³-hybridized carbons (Fsp3) is 0.462. The number of hydrogen-bond acceptors (Lipinski definition) is 6. The molecule has 2 aromatic heterocycles. The van der Waals surface area contributed by atoms with Crippen LogP contribution >= 0.6 is 0 Å². The fourth-order valence-electron chi connectivity index (χ4n) is 1.93. The Morgan fingerprint density at radius 3 is 2.85 bits per heavy atom. The van der Waals surface area contributed by atoms with Gasteiger partial charge in [-0.25, -0.2) is 9.59 Å². The van der Waals surface area contributed by atoms with Gasteiger partial charge in [-0.3, -0.25) is 4.98 Å². The number of nitrogens with zero attached hydrogens (tertiary/aromatic N) is 1. The molecule has 0 spiro atoms. The van der Waals surface area contributed by atoms with E-state index in [0.29, 0.717) is 18.4 Å². The maximum Gasteiger partial charge on any atom is 0.351 e. The molecule has 2 heterocycles. The second kappa shape index (κ2) is 6.33. The summed E-state index contributed by atoms with van der Waals surface area (Å²) in [5.74, 6) is 0.160. The van der Waals surface area contributed by atoms with Crippen LogP contribution in [0.4, 0.5) is 0 Å². The predicted octanol–water partition coefficient (Wildman–Crippen LogP) is 0.854. The average Bonchev–Trinajstić information content (AvgIpc) is 2.38. The lowest BCUT2D eigenvalue weighted by Gasteiger charge is -2.09. The van der Waals surface area contributed by atoms with E-state index in [-0.39, 0.29) is 18.2 Å². The van der Waals surface area contributed by atoms with Crippen LogP contribution in [0.5, 0.6) is 5.88 Å². The third kappa shape index (κ3) is 3.05. The number of aryl methyl sites for hydroxylation is 1. The number of aromatic amines is 1. The molecular formula is C13H16N2O5. The van der Waals surface area contributed by atoms with Gasteiger partial charge >= 0.3 is 11.3 Å². The molecule has 2 aromatic rings. The number of H-pyrrole nitrogens is 1. The molecule has 0 fully saturated rings. The minimum absolute atomic E-state index is 0.0911. The molecule has 0 saturated carbocycles. The number of ether oxygens (including phenoxy) is 2. The van der Waals surface area contributed by atoms with Crippen LogP contribution in [0.1, 0.15) is 18.9 Å². The van der Waals surface area contributed by atoms with Crippen LogP contribution in [-0.4, -0.2) is 30.3 Å². The Balaban J connectivity index is 2.59. The summed E-state index contributed by atoms with van der Waals surface area (Å²) >= 11 is 0. The van der Waals surface area contributed by atoms with Crippen molar-refractivity contribution in [3.63, 3.8) is 0 Å². The third-order valence-corrected chi connectivity index (χ3v) is 2.73. The highest BCUT2D eigenvalue weighted by Gasteiger charge is 2.14. The maximum atomic E-state index is 11.5. The normalized spacial score (nSPS) is 10.9. The second-order valence-corrected chi connectivity index (χ2v) is 4.23. The zero-order valence-corrected chi connectivity index (χ0v) is 11.4. The lowest BCUT2D eigenvalue weighted by atomic mass is 10.1. The SMILES string of the molecule is CCCc1cc(=O)oc2[nH]c(=O)nc(OCCOC)c12. The van der Waals surface area contributed by atoms with Crippen LogP contribution in [-0.2, 0) is 11.2 Å². The third-order valence-electron chi connectivity index (χ3n) is 2.73. The molecule has 0 aliphatic rings. The molecule has 0 aliphatic carbocycles. The van der Waals surface area contributed by atoms with E-state index < -0.39 is 11.3 Å². The Morgan fingerprint density at radius 2 is 2.15 bits per heavy atom. The first-order valence-electron chi connectivity index (χ1n) is 6.34. The number of hydrogen-bond donors (Lipinski definition) is 1. The average molecular weight is 280 g/mol. The first-order chi connectivity index (χ1) is 9.65. The molecule has 0 aromatic carbocycles. The Hall–Kier alpha value is -2.15. The fourth-order valence-corrected chi connectivity index (χ4v) is 1.93. The second-order valence-electron chi connectivity index (χ2n) is 4.23. The molecule has 0 radical (unpaired) electrons. The Morgan fingerprint density at radius 1 is 1.35 bits per heavy atom. The van der Waals surface area contributed by atoms with Gasteiger partial charge in [-0.05, 0) is 12.0 Å². The lowest BCUT2D eigenvalue weighted by molar-refractivity contribution is 0.144. The molecule has 2 rings (SSSR count). The first kappa shape index (κ1) is 14.3. The van der Waals surface area contributed by atoms with Gasteiger partial charge in [-0.2, -0.15) is 4.98 Å². The van der Waals surface area contributed by atoms with Crippen molar-refractivity contribution in [2.45, 2.75) is 19.8 Å². The molecule has 0 atom stereocenters. The molecule has 0 saturated heterocycles. The monoisotopic (exact) mass is 280 g/mol. The molecule has 0 bridgehead atoms. The zero-order valence-electron chi connectivity index (χ0n) is 11.4. The highest BCUT2D eigenvalue weighted by Crippen LogP contribution is 2.24.